The molecule has 2 aromatic heterocycles. The van der Waals surface area contributed by atoms with Gasteiger partial charge in [-0.15, -0.1) is 4.72 Å². The van der Waals surface area contributed by atoms with Crippen LogP contribution in [0.5, 0.6) is 5.75 Å². The van der Waals surface area contributed by atoms with Crippen LogP contribution in [0.2, 0.25) is 5.02 Å². The molecule has 8 nitrogen and oxygen atoms in total. The minimum absolute atomic E-state index is 0.0577. The number of rotatable bonds is 8. The number of carbonyl (C=O) groups excluding carboxylic acids is 1. The van der Waals surface area contributed by atoms with Crippen molar-refractivity contribution in [2.45, 2.75) is 51.3 Å². The van der Waals surface area contributed by atoms with E-state index in [0.717, 1.165) is 24.0 Å². The fourth-order valence-electron chi connectivity index (χ4n) is 4.44. The number of nitrogens with zero attached hydrogens (tertiary/aromatic N) is 4. The molecule has 1 saturated heterocycles. The van der Waals surface area contributed by atoms with Gasteiger partial charge in [0.15, 0.2) is 0 Å². The topological polar surface area (TPSA) is 94.8 Å². The lowest BCUT2D eigenvalue weighted by Gasteiger charge is -2.38. The number of piperidine rings is 1. The van der Waals surface area contributed by atoms with E-state index >= 15 is 0 Å². The average Bonchev–Trinajstić information content (AvgIpc) is 3.35. The van der Waals surface area contributed by atoms with E-state index in [1.165, 1.54) is 0 Å². The average molecular weight is 544 g/mol. The predicted molar refractivity (Wildman–Crippen MR) is 147 cm³/mol. The molecule has 1 amide bonds. The molecule has 4 rings (SSSR count). The van der Waals surface area contributed by atoms with Gasteiger partial charge < -0.3 is 14.2 Å². The van der Waals surface area contributed by atoms with E-state index in [1.54, 1.807) is 35.3 Å². The summed E-state index contributed by atoms with van der Waals surface area (Å²) in [5.41, 5.74) is 2.30. The Morgan fingerprint density at radius 3 is 2.76 bits per heavy atom. The molecule has 198 valence electrons. The summed E-state index contributed by atoms with van der Waals surface area (Å²) in [6.45, 7) is 13.0. The van der Waals surface area contributed by atoms with Gasteiger partial charge in [-0.3, -0.25) is 9.20 Å². The van der Waals surface area contributed by atoms with Crippen LogP contribution >= 0.6 is 11.6 Å². The summed E-state index contributed by atoms with van der Waals surface area (Å²) in [5, 5.41) is 0.629. The third kappa shape index (κ3) is 6.29. The first-order valence-electron chi connectivity index (χ1n) is 12.4. The number of imidazole rings is 1. The molecule has 2 atom stereocenters. The summed E-state index contributed by atoms with van der Waals surface area (Å²) in [6, 6.07) is 3.57. The van der Waals surface area contributed by atoms with Gasteiger partial charge in [0.25, 0.3) is 5.91 Å². The predicted octanol–water partition coefficient (Wildman–Crippen LogP) is 4.90. The van der Waals surface area contributed by atoms with E-state index in [-0.39, 0.29) is 17.9 Å². The van der Waals surface area contributed by atoms with Crippen molar-refractivity contribution in [2.75, 3.05) is 19.7 Å². The Morgan fingerprint density at radius 1 is 1.35 bits per heavy atom. The molecule has 1 N–H and O–H groups in total. The highest BCUT2D eigenvalue weighted by Crippen LogP contribution is 2.39. The fraction of sp³-hybridized carbons (Fsp3) is 0.444. The maximum absolute atomic E-state index is 13.2. The van der Waals surface area contributed by atoms with E-state index < -0.39 is 16.1 Å². The molecule has 3 aromatic rings. The number of hydrogen-bond donors (Lipinski definition) is 1. The summed E-state index contributed by atoms with van der Waals surface area (Å²) in [7, 11) is 0. The first-order chi connectivity index (χ1) is 17.6. The van der Waals surface area contributed by atoms with Gasteiger partial charge in [0, 0.05) is 59.8 Å². The third-order valence-electron chi connectivity index (χ3n) is 6.56. The molecule has 37 heavy (non-hydrogen) atoms. The Hall–Kier alpha value is -2.59. The minimum atomic E-state index is -1.32. The summed E-state index contributed by atoms with van der Waals surface area (Å²) < 4.78 is 23.9. The molecule has 10 heteroatoms. The van der Waals surface area contributed by atoms with Crippen LogP contribution in [-0.4, -0.2) is 54.2 Å². The Bertz CT molecular complexity index is 1270. The summed E-state index contributed by atoms with van der Waals surface area (Å²) >= 11 is 5.23. The Labute approximate surface area is 226 Å². The molecule has 0 spiro atoms. The summed E-state index contributed by atoms with van der Waals surface area (Å²) in [4.78, 5) is 23.5. The number of amides is 1. The molecule has 0 bridgehead atoms. The second-order valence-corrected chi connectivity index (χ2v) is 12.7. The van der Waals surface area contributed by atoms with Gasteiger partial charge in [0.1, 0.15) is 17.1 Å². The SMILES string of the molecule is C=CCOc1cc(C)c(Cl)cc1C(N[S+]([O-])C(C)(C)C)C1CCN(C(=O)c2cnc3nccn3c2)CC1. The van der Waals surface area contributed by atoms with Crippen molar-refractivity contribution in [2.24, 2.45) is 5.92 Å². The molecule has 1 aliphatic rings. The van der Waals surface area contributed by atoms with Gasteiger partial charge in [0.05, 0.1) is 11.6 Å². The monoisotopic (exact) mass is 543 g/mol. The second-order valence-electron chi connectivity index (χ2n) is 10.3. The number of nitrogens with one attached hydrogen (secondary N) is 1. The van der Waals surface area contributed by atoms with E-state index in [4.69, 9.17) is 16.3 Å². The van der Waals surface area contributed by atoms with Gasteiger partial charge in [-0.25, -0.2) is 9.97 Å². The Morgan fingerprint density at radius 2 is 2.08 bits per heavy atom. The third-order valence-corrected chi connectivity index (χ3v) is 8.55. The number of fused-ring (bicyclic) bond motifs is 1. The van der Waals surface area contributed by atoms with Crippen LogP contribution in [0, 0.1) is 12.8 Å². The quantitative estimate of drug-likeness (QED) is 0.321. The molecule has 0 aliphatic carbocycles. The highest BCUT2D eigenvalue weighted by atomic mass is 35.5. The first kappa shape index (κ1) is 27.4. The molecule has 1 fully saturated rings. The fourth-order valence-corrected chi connectivity index (χ4v) is 5.51. The summed E-state index contributed by atoms with van der Waals surface area (Å²) in [5.74, 6) is 1.32. The maximum Gasteiger partial charge on any atom is 0.256 e. The number of hydrogen-bond acceptors (Lipinski definition) is 6. The van der Waals surface area contributed by atoms with Gasteiger partial charge >= 0.3 is 0 Å². The standard InChI is InChI=1S/C27H34ClN5O3S/c1-6-13-36-23-14-18(2)22(28)15-21(23)24(31-37(35)27(3,4)5)19-7-10-32(11-8-19)25(34)20-16-30-26-29-9-12-33(26)17-20/h6,9,12,14-17,19,24,31H,1,7-8,10-11,13H2,2-5H3. The van der Waals surface area contributed by atoms with Crippen molar-refractivity contribution in [3.63, 3.8) is 0 Å². The number of halogens is 1. The second kappa shape index (κ2) is 11.4. The van der Waals surface area contributed by atoms with E-state index in [0.29, 0.717) is 41.8 Å². The molecule has 1 aromatic carbocycles. The number of likely N-dealkylation sites (tertiary alicyclic amines) is 1. The zero-order valence-corrected chi connectivity index (χ0v) is 23.3. The lowest BCUT2D eigenvalue weighted by atomic mass is 9.85. The van der Waals surface area contributed by atoms with Gasteiger partial charge in [-0.1, -0.05) is 24.3 Å². The molecule has 0 saturated carbocycles. The van der Waals surface area contributed by atoms with Crippen molar-refractivity contribution >= 4 is 34.6 Å². The van der Waals surface area contributed by atoms with Crippen molar-refractivity contribution in [1.82, 2.24) is 24.0 Å². The van der Waals surface area contributed by atoms with E-state index in [9.17, 15) is 9.35 Å². The first-order valence-corrected chi connectivity index (χ1v) is 13.9. The lowest BCUT2D eigenvalue weighted by molar-refractivity contribution is 0.0673. The zero-order chi connectivity index (χ0) is 26.7. The van der Waals surface area contributed by atoms with Crippen LogP contribution in [0.15, 0.2) is 49.6 Å². The summed E-state index contributed by atoms with van der Waals surface area (Å²) in [6.07, 6.45) is 9.93. The zero-order valence-electron chi connectivity index (χ0n) is 21.7. The largest absolute Gasteiger partial charge is 0.598 e. The van der Waals surface area contributed by atoms with Crippen molar-refractivity contribution < 1.29 is 14.1 Å². The van der Waals surface area contributed by atoms with Gasteiger partial charge in [-0.2, -0.15) is 0 Å². The minimum Gasteiger partial charge on any atom is -0.598 e. The lowest BCUT2D eigenvalue weighted by Crippen LogP contribution is -2.46. The number of ether oxygens (including phenoxy) is 1. The van der Waals surface area contributed by atoms with Crippen molar-refractivity contribution in [1.29, 1.82) is 0 Å². The number of aromatic nitrogens is 3. The molecule has 0 radical (unpaired) electrons. The Balaban J connectivity index is 1.57. The number of aryl methyl sites for hydroxylation is 1. The maximum atomic E-state index is 13.2. The highest BCUT2D eigenvalue weighted by molar-refractivity contribution is 7.90. The van der Waals surface area contributed by atoms with Crippen LogP contribution < -0.4 is 9.46 Å². The van der Waals surface area contributed by atoms with E-state index in [2.05, 4.69) is 21.3 Å². The van der Waals surface area contributed by atoms with Crippen molar-refractivity contribution in [3.05, 3.63) is 71.3 Å². The molecule has 2 unspecified atom stereocenters. The Kier molecular flexibility index (Phi) is 8.48. The molecular formula is C27H34ClN5O3S. The molecule has 1 aliphatic heterocycles. The smallest absolute Gasteiger partial charge is 0.256 e. The van der Waals surface area contributed by atoms with Crippen LogP contribution in [0.1, 0.15) is 61.1 Å². The van der Waals surface area contributed by atoms with E-state index in [1.807, 2.05) is 44.7 Å². The highest BCUT2D eigenvalue weighted by Gasteiger charge is 2.37. The van der Waals surface area contributed by atoms with Gasteiger partial charge in [0.2, 0.25) is 5.78 Å². The normalized spacial score (nSPS) is 16.5. The molecule has 3 heterocycles. The number of benzene rings is 1. The van der Waals surface area contributed by atoms with Crippen molar-refractivity contribution in [3.8, 4) is 5.75 Å². The molecular weight excluding hydrogens is 510 g/mol. The number of carbonyl (C=O) groups is 1. The van der Waals surface area contributed by atoms with Gasteiger partial charge in [-0.05, 0) is 64.2 Å². The van der Waals surface area contributed by atoms with Crippen LogP contribution in [-0.2, 0) is 11.4 Å². The van der Waals surface area contributed by atoms with Crippen LogP contribution in [0.3, 0.4) is 0 Å². The van der Waals surface area contributed by atoms with Crippen LogP contribution in [0.25, 0.3) is 5.78 Å². The van der Waals surface area contributed by atoms with Crippen LogP contribution in [0.4, 0.5) is 0 Å².